The van der Waals surface area contributed by atoms with E-state index in [4.69, 9.17) is 22.4 Å². The van der Waals surface area contributed by atoms with Crippen LogP contribution in [0.1, 0.15) is 37.4 Å². The first kappa shape index (κ1) is 25.1. The van der Waals surface area contributed by atoms with E-state index in [1.54, 1.807) is 30.3 Å². The van der Waals surface area contributed by atoms with Gasteiger partial charge in [0.15, 0.2) is 0 Å². The molecule has 3 aromatic carbocycles. The standard InChI is InChI=1S/C27H27ClN6O2/c1-33-10-9-19-5-6-22(12-21(19)15-33)32-26(35)20-4-2-3-18(11-20)14-31-27(36)24-13-23(7-8-25(24)28)34(16-29)17-30/h2-8,11-13,16-17,29-30H,9-10,14-15H2,1H3,(H,31,36)(H,32,35). The minimum absolute atomic E-state index is 0.199. The zero-order chi connectivity index (χ0) is 25.7. The zero-order valence-electron chi connectivity index (χ0n) is 19.8. The van der Waals surface area contributed by atoms with Gasteiger partial charge < -0.3 is 15.5 Å². The van der Waals surface area contributed by atoms with Gasteiger partial charge in [0.05, 0.1) is 23.3 Å². The van der Waals surface area contributed by atoms with Crippen molar-refractivity contribution in [1.29, 1.82) is 10.8 Å². The van der Waals surface area contributed by atoms with Crippen LogP contribution < -0.4 is 15.5 Å². The molecule has 1 aliphatic heterocycles. The van der Waals surface area contributed by atoms with Gasteiger partial charge in [0.2, 0.25) is 0 Å². The molecule has 0 aromatic heterocycles. The van der Waals surface area contributed by atoms with Crippen molar-refractivity contribution in [2.45, 2.75) is 19.5 Å². The Balaban J connectivity index is 1.42. The molecule has 0 fully saturated rings. The first-order valence-electron chi connectivity index (χ1n) is 11.5. The van der Waals surface area contributed by atoms with Gasteiger partial charge in [-0.1, -0.05) is 29.8 Å². The minimum Gasteiger partial charge on any atom is -0.348 e. The van der Waals surface area contributed by atoms with Gasteiger partial charge in [-0.25, -0.2) is 0 Å². The molecule has 0 radical (unpaired) electrons. The van der Waals surface area contributed by atoms with Gasteiger partial charge >= 0.3 is 0 Å². The second-order valence-electron chi connectivity index (χ2n) is 8.64. The van der Waals surface area contributed by atoms with E-state index < -0.39 is 5.91 Å². The lowest BCUT2D eigenvalue weighted by molar-refractivity contribution is 0.0950. The van der Waals surface area contributed by atoms with Crippen LogP contribution in [-0.2, 0) is 19.5 Å². The van der Waals surface area contributed by atoms with Gasteiger partial charge in [-0.05, 0) is 72.6 Å². The smallest absolute Gasteiger partial charge is 0.255 e. The fraction of sp³-hybridized carbons (Fsp3) is 0.185. The highest BCUT2D eigenvalue weighted by molar-refractivity contribution is 6.34. The Morgan fingerprint density at radius 1 is 1.03 bits per heavy atom. The zero-order valence-corrected chi connectivity index (χ0v) is 20.6. The molecule has 2 amide bonds. The second-order valence-corrected chi connectivity index (χ2v) is 9.05. The van der Waals surface area contributed by atoms with Crippen molar-refractivity contribution in [2.75, 3.05) is 23.8 Å². The Kier molecular flexibility index (Phi) is 7.77. The van der Waals surface area contributed by atoms with E-state index in [2.05, 4.69) is 28.6 Å². The average molecular weight is 503 g/mol. The summed E-state index contributed by atoms with van der Waals surface area (Å²) in [4.78, 5) is 29.2. The summed E-state index contributed by atoms with van der Waals surface area (Å²) in [6.45, 7) is 2.10. The first-order valence-corrected chi connectivity index (χ1v) is 11.8. The lowest BCUT2D eigenvalue weighted by atomic mass is 9.99. The van der Waals surface area contributed by atoms with Crippen molar-refractivity contribution < 1.29 is 9.59 Å². The van der Waals surface area contributed by atoms with Crippen LogP contribution in [0, 0.1) is 10.8 Å². The predicted molar refractivity (Wildman–Crippen MR) is 144 cm³/mol. The van der Waals surface area contributed by atoms with Gasteiger partial charge in [0.25, 0.3) is 11.8 Å². The molecule has 8 nitrogen and oxygen atoms in total. The van der Waals surface area contributed by atoms with Gasteiger partial charge in [0.1, 0.15) is 0 Å². The molecule has 0 spiro atoms. The van der Waals surface area contributed by atoms with Crippen molar-refractivity contribution in [2.24, 2.45) is 0 Å². The first-order chi connectivity index (χ1) is 17.4. The number of fused-ring (bicyclic) bond motifs is 1. The molecule has 0 bridgehead atoms. The number of carbonyl (C=O) groups excluding carboxylic acids is 2. The highest BCUT2D eigenvalue weighted by atomic mass is 35.5. The van der Waals surface area contributed by atoms with Crippen LogP contribution in [0.25, 0.3) is 0 Å². The van der Waals surface area contributed by atoms with E-state index in [1.165, 1.54) is 22.1 Å². The Labute approximate surface area is 214 Å². The summed E-state index contributed by atoms with van der Waals surface area (Å²) in [7, 11) is 2.09. The van der Waals surface area contributed by atoms with E-state index in [0.717, 1.165) is 43.4 Å². The monoisotopic (exact) mass is 502 g/mol. The number of nitrogens with zero attached hydrogens (tertiary/aromatic N) is 2. The van der Waals surface area contributed by atoms with Crippen LogP contribution in [0.4, 0.5) is 11.4 Å². The third-order valence-corrected chi connectivity index (χ3v) is 6.41. The lowest BCUT2D eigenvalue weighted by Gasteiger charge is -2.25. The molecule has 0 unspecified atom stereocenters. The van der Waals surface area contributed by atoms with Gasteiger partial charge in [-0.2, -0.15) is 0 Å². The predicted octanol–water partition coefficient (Wildman–Crippen LogP) is 4.53. The molecule has 9 heteroatoms. The maximum absolute atomic E-state index is 12.9. The van der Waals surface area contributed by atoms with Crippen molar-refractivity contribution in [3.05, 3.63) is 93.5 Å². The summed E-state index contributed by atoms with van der Waals surface area (Å²) in [6, 6.07) is 17.8. The molecule has 4 rings (SSSR count). The van der Waals surface area contributed by atoms with Gasteiger partial charge in [-0.15, -0.1) is 0 Å². The average Bonchev–Trinajstić information content (AvgIpc) is 2.88. The van der Waals surface area contributed by atoms with Crippen LogP contribution in [-0.4, -0.2) is 43.0 Å². The normalized spacial score (nSPS) is 12.8. The third-order valence-electron chi connectivity index (χ3n) is 6.08. The minimum atomic E-state index is -0.398. The molecule has 0 atom stereocenters. The number of hydrogen-bond acceptors (Lipinski definition) is 5. The molecule has 4 N–H and O–H groups in total. The lowest BCUT2D eigenvalue weighted by Crippen LogP contribution is -2.26. The number of anilines is 2. The van der Waals surface area contributed by atoms with Crippen LogP contribution in [0.15, 0.2) is 60.7 Å². The Bertz CT molecular complexity index is 1320. The van der Waals surface area contributed by atoms with E-state index in [0.29, 0.717) is 11.3 Å². The van der Waals surface area contributed by atoms with Crippen molar-refractivity contribution in [3.63, 3.8) is 0 Å². The van der Waals surface area contributed by atoms with Crippen LogP contribution in [0.2, 0.25) is 5.02 Å². The quantitative estimate of drug-likeness (QED) is 0.268. The highest BCUT2D eigenvalue weighted by Gasteiger charge is 2.16. The molecular weight excluding hydrogens is 476 g/mol. The Hall–Kier alpha value is -4.01. The summed E-state index contributed by atoms with van der Waals surface area (Å²) in [5.41, 5.74) is 5.26. The van der Waals surface area contributed by atoms with E-state index >= 15 is 0 Å². The van der Waals surface area contributed by atoms with Gasteiger partial charge in [0, 0.05) is 36.6 Å². The van der Waals surface area contributed by atoms with Crippen LogP contribution in [0.5, 0.6) is 0 Å². The molecule has 36 heavy (non-hydrogen) atoms. The molecule has 0 saturated carbocycles. The maximum atomic E-state index is 12.9. The summed E-state index contributed by atoms with van der Waals surface area (Å²) in [6.07, 6.45) is 2.95. The number of rotatable bonds is 8. The number of halogens is 1. The number of benzene rings is 3. The number of hydrogen-bond donors (Lipinski definition) is 4. The SMILES string of the molecule is CN1CCc2ccc(NC(=O)c3cccc(CNC(=O)c4cc(N(C=N)C=N)ccc4Cl)c3)cc2C1. The fourth-order valence-electron chi connectivity index (χ4n) is 4.11. The Morgan fingerprint density at radius 2 is 1.83 bits per heavy atom. The molecule has 0 saturated heterocycles. The van der Waals surface area contributed by atoms with Crippen LogP contribution in [0.3, 0.4) is 0 Å². The summed E-state index contributed by atoms with van der Waals surface area (Å²) < 4.78 is 0. The summed E-state index contributed by atoms with van der Waals surface area (Å²) >= 11 is 6.21. The second kappa shape index (κ2) is 11.2. The molecular formula is C27H27ClN6O2. The van der Waals surface area contributed by atoms with Crippen LogP contribution >= 0.6 is 11.6 Å². The Morgan fingerprint density at radius 3 is 2.61 bits per heavy atom. The van der Waals surface area contributed by atoms with E-state index in [1.807, 2.05) is 18.2 Å². The third kappa shape index (κ3) is 5.79. The summed E-state index contributed by atoms with van der Waals surface area (Å²) in [5, 5.41) is 20.8. The van der Waals surface area contributed by atoms with Gasteiger partial charge in [-0.3, -0.25) is 25.3 Å². The highest BCUT2D eigenvalue weighted by Crippen LogP contribution is 2.24. The molecule has 0 aliphatic carbocycles. The van der Waals surface area contributed by atoms with Crippen molar-refractivity contribution in [1.82, 2.24) is 10.2 Å². The number of likely N-dealkylation sites (N-methyl/N-ethyl adjacent to an activating group) is 1. The number of amides is 2. The molecule has 184 valence electrons. The number of carbonyl (C=O) groups is 2. The largest absolute Gasteiger partial charge is 0.348 e. The van der Waals surface area contributed by atoms with E-state index in [9.17, 15) is 9.59 Å². The number of nitrogens with one attached hydrogen (secondary N) is 4. The topological polar surface area (TPSA) is 112 Å². The van der Waals surface area contributed by atoms with Crippen molar-refractivity contribution >= 4 is 47.5 Å². The maximum Gasteiger partial charge on any atom is 0.255 e. The fourth-order valence-corrected chi connectivity index (χ4v) is 4.32. The molecule has 1 aliphatic rings. The molecule has 3 aromatic rings. The van der Waals surface area contributed by atoms with E-state index in [-0.39, 0.29) is 23.0 Å². The summed E-state index contributed by atoms with van der Waals surface area (Å²) in [5.74, 6) is -0.618. The molecule has 1 heterocycles. The van der Waals surface area contributed by atoms with Crippen molar-refractivity contribution in [3.8, 4) is 0 Å².